The van der Waals surface area contributed by atoms with E-state index in [1.54, 1.807) is 0 Å². The summed E-state index contributed by atoms with van der Waals surface area (Å²) in [6.45, 7) is 4.54. The largest absolute Gasteiger partial charge is 0.472 e. The van der Waals surface area contributed by atoms with Gasteiger partial charge in [-0.05, 0) is 135 Å². The molecule has 0 aromatic rings. The third-order valence-corrected chi connectivity index (χ3v) is 19.5. The Bertz CT molecular complexity index is 2560. The number of esters is 4. The van der Waals surface area contributed by atoms with Gasteiger partial charge in [-0.2, -0.15) is 0 Å². The molecule has 0 amide bonds. The van der Waals surface area contributed by atoms with Gasteiger partial charge in [0.05, 0.1) is 26.4 Å². The number of hydrogen-bond acceptors (Lipinski definition) is 15. The maximum atomic E-state index is 13.1. The summed E-state index contributed by atoms with van der Waals surface area (Å²) >= 11 is 0. The fourth-order valence-corrected chi connectivity index (χ4v) is 12.9. The lowest BCUT2D eigenvalue weighted by Crippen LogP contribution is -2.30. The lowest BCUT2D eigenvalue weighted by atomic mass is 10.0. The van der Waals surface area contributed by atoms with E-state index in [-0.39, 0.29) is 25.7 Å². The second-order valence-corrected chi connectivity index (χ2v) is 30.9. The molecule has 3 N–H and O–H groups in total. The molecular weight excluding hydrogens is 1400 g/mol. The van der Waals surface area contributed by atoms with E-state index < -0.39 is 97.5 Å². The van der Waals surface area contributed by atoms with Crippen LogP contribution in [0.5, 0.6) is 0 Å². The van der Waals surface area contributed by atoms with Crippen LogP contribution in [-0.2, 0) is 65.4 Å². The predicted molar refractivity (Wildman–Crippen MR) is 445 cm³/mol. The highest BCUT2D eigenvalue weighted by atomic mass is 31.2. The monoisotopic (exact) mass is 1560 g/mol. The van der Waals surface area contributed by atoms with Crippen molar-refractivity contribution in [1.82, 2.24) is 0 Å². The first-order chi connectivity index (χ1) is 52.7. The molecule has 0 aromatic heterocycles. The fraction of sp³-hybridized carbons (Fsp3) is 0.708. The molecule has 0 spiro atoms. The summed E-state index contributed by atoms with van der Waals surface area (Å²) in [6.07, 6.45) is 91.2. The quantitative estimate of drug-likeness (QED) is 0.0169. The second kappa shape index (κ2) is 80.3. The molecule has 0 aliphatic heterocycles. The van der Waals surface area contributed by atoms with Gasteiger partial charge < -0.3 is 33.8 Å². The van der Waals surface area contributed by atoms with Crippen molar-refractivity contribution in [1.29, 1.82) is 0 Å². The first kappa shape index (κ1) is 103. The van der Waals surface area contributed by atoms with Gasteiger partial charge in [-0.1, -0.05) is 322 Å². The smallest absolute Gasteiger partial charge is 0.462 e. The van der Waals surface area contributed by atoms with Crippen LogP contribution in [0.25, 0.3) is 0 Å². The molecule has 19 heteroatoms. The molecule has 0 rings (SSSR count). The Morgan fingerprint density at radius 2 is 0.481 bits per heavy atom. The van der Waals surface area contributed by atoms with Gasteiger partial charge in [0.1, 0.15) is 19.3 Å². The zero-order chi connectivity index (χ0) is 78.9. The Balaban J connectivity index is 5.38. The average molecular weight is 1560 g/mol. The highest BCUT2D eigenvalue weighted by Crippen LogP contribution is 2.45. The Morgan fingerprint density at radius 1 is 0.269 bits per heavy atom. The van der Waals surface area contributed by atoms with Crippen LogP contribution in [0.15, 0.2) is 134 Å². The first-order valence-electron chi connectivity index (χ1n) is 42.4. The number of phosphoric ester groups is 2. The molecule has 0 aliphatic carbocycles. The van der Waals surface area contributed by atoms with Crippen molar-refractivity contribution in [3.63, 3.8) is 0 Å². The van der Waals surface area contributed by atoms with Crippen molar-refractivity contribution < 1.29 is 80.2 Å². The number of carbonyl (C=O) groups is 4. The van der Waals surface area contributed by atoms with Crippen molar-refractivity contribution in [2.75, 3.05) is 39.6 Å². The minimum absolute atomic E-state index is 0.0696. The molecule has 0 saturated heterocycles. The van der Waals surface area contributed by atoms with Crippen LogP contribution < -0.4 is 0 Å². The Labute approximate surface area is 656 Å². The molecule has 5 atom stereocenters. The highest BCUT2D eigenvalue weighted by Gasteiger charge is 2.30. The molecule has 108 heavy (non-hydrogen) atoms. The molecule has 0 aromatic carbocycles. The summed E-state index contributed by atoms with van der Waals surface area (Å²) in [5.74, 6) is -2.21. The normalized spacial score (nSPS) is 14.5. The lowest BCUT2D eigenvalue weighted by Gasteiger charge is -2.21. The maximum Gasteiger partial charge on any atom is 0.472 e. The van der Waals surface area contributed by atoms with Crippen LogP contribution in [0.2, 0.25) is 0 Å². The van der Waals surface area contributed by atoms with Gasteiger partial charge in [0.15, 0.2) is 12.2 Å². The molecule has 0 aliphatic rings. The van der Waals surface area contributed by atoms with Gasteiger partial charge in [-0.15, -0.1) is 0 Å². The van der Waals surface area contributed by atoms with Crippen molar-refractivity contribution in [2.24, 2.45) is 0 Å². The molecule has 0 radical (unpaired) electrons. The van der Waals surface area contributed by atoms with Crippen molar-refractivity contribution in [3.8, 4) is 0 Å². The summed E-state index contributed by atoms with van der Waals surface area (Å²) in [6, 6.07) is 0. The van der Waals surface area contributed by atoms with Crippen molar-refractivity contribution in [2.45, 2.75) is 367 Å². The Morgan fingerprint density at radius 3 is 0.741 bits per heavy atom. The third-order valence-electron chi connectivity index (χ3n) is 17.6. The summed E-state index contributed by atoms with van der Waals surface area (Å²) < 4.78 is 68.8. The van der Waals surface area contributed by atoms with E-state index in [1.165, 1.54) is 64.2 Å². The highest BCUT2D eigenvalue weighted by molar-refractivity contribution is 7.47. The molecule has 17 nitrogen and oxygen atoms in total. The van der Waals surface area contributed by atoms with Crippen LogP contribution in [0.3, 0.4) is 0 Å². The van der Waals surface area contributed by atoms with Crippen LogP contribution >= 0.6 is 15.6 Å². The number of allylic oxidation sites excluding steroid dienone is 22. The van der Waals surface area contributed by atoms with Crippen molar-refractivity contribution in [3.05, 3.63) is 134 Å². The average Bonchev–Trinajstić information content (AvgIpc) is 0.923. The van der Waals surface area contributed by atoms with Crippen LogP contribution in [0.1, 0.15) is 349 Å². The number of aliphatic hydroxyl groups is 1. The molecule has 0 saturated carbocycles. The number of aliphatic hydroxyl groups excluding tert-OH is 1. The minimum Gasteiger partial charge on any atom is -0.462 e. The third kappa shape index (κ3) is 79.3. The topological polar surface area (TPSA) is 237 Å². The van der Waals surface area contributed by atoms with Gasteiger partial charge in [0.25, 0.3) is 0 Å². The van der Waals surface area contributed by atoms with Crippen LogP contribution in [0.4, 0.5) is 0 Å². The van der Waals surface area contributed by atoms with E-state index in [0.29, 0.717) is 25.7 Å². The predicted octanol–water partition coefficient (Wildman–Crippen LogP) is 25.2. The number of unbranched alkanes of at least 4 members (excludes halogenated alkanes) is 31. The summed E-state index contributed by atoms with van der Waals surface area (Å²) in [7, 11) is -9.98. The van der Waals surface area contributed by atoms with Gasteiger partial charge in [0.2, 0.25) is 0 Å². The number of hydrogen-bond donors (Lipinski definition) is 3. The van der Waals surface area contributed by atoms with E-state index in [2.05, 4.69) is 161 Å². The van der Waals surface area contributed by atoms with E-state index >= 15 is 0 Å². The summed E-state index contributed by atoms with van der Waals surface area (Å²) in [5, 5.41) is 10.7. The molecule has 0 bridgehead atoms. The standard InChI is InChI=1S/C89H152O17P2/c1-5-9-13-17-21-25-29-33-37-39-41-43-47-49-53-57-61-65-69-73-86(91)99-79-84(105-88(93)75-71-67-63-59-55-51-45-35-31-27-23-19-15-11-7-3)81-103-107(95,96)101-77-83(90)78-102-108(97,98)104-82-85(106-89(94)76-72-68-64-60-56-52-46-36-32-28-24-20-16-12-8-4)80-100-87(92)74-70-66-62-58-54-50-48-44-42-40-38-34-30-26-22-18-14-10-6-2/h9-11,13-15,21-23,25-27,33-35,37-38,41-45,83-85,90H,5-8,12,16-20,24,28-32,36,39-40,46-82H2,1-4H3,(H,95,96)(H,97,98)/b13-9-,14-10-,15-11-,25-21-,26-22-,27-23-,37-33-,38-34-,43-41-,44-42-,45-35-. The minimum atomic E-state index is -4.99. The summed E-state index contributed by atoms with van der Waals surface area (Å²) in [4.78, 5) is 73.2. The molecule has 0 heterocycles. The first-order valence-corrected chi connectivity index (χ1v) is 45.4. The van der Waals surface area contributed by atoms with Gasteiger partial charge in [-0.25, -0.2) is 9.13 Å². The molecule has 5 unspecified atom stereocenters. The molecular formula is C89H152O17P2. The van der Waals surface area contributed by atoms with E-state index in [0.717, 1.165) is 205 Å². The van der Waals surface area contributed by atoms with E-state index in [4.69, 9.17) is 37.0 Å². The number of rotatable bonds is 79. The number of phosphoric acid groups is 2. The number of carbonyl (C=O) groups excluding carboxylic acids is 4. The van der Waals surface area contributed by atoms with E-state index in [1.807, 2.05) is 0 Å². The van der Waals surface area contributed by atoms with Gasteiger partial charge >= 0.3 is 39.5 Å². The van der Waals surface area contributed by atoms with Gasteiger partial charge in [0, 0.05) is 25.7 Å². The Kier molecular flexibility index (Phi) is 76.7. The molecule has 0 fully saturated rings. The van der Waals surface area contributed by atoms with E-state index in [9.17, 15) is 43.2 Å². The SMILES string of the molecule is CC/C=C\C/C=C\C/C=C\C/C=C\CCCCCCCCC(=O)OCC(COP(=O)(O)OCC(O)COP(=O)(O)OCC(COC(=O)CCCCCCCC/C=C\C/C=C\C/C=C\C/C=C\CC)OC(=O)CCCCCCCCCCCCCCCCC)OC(=O)CCCCCCC/C=C\C/C=C\C/C=C\CC. The zero-order valence-corrected chi connectivity index (χ0v) is 69.8. The Hall–Kier alpha value is -4.80. The van der Waals surface area contributed by atoms with Crippen molar-refractivity contribution >= 4 is 39.5 Å². The second-order valence-electron chi connectivity index (χ2n) is 28.0. The maximum absolute atomic E-state index is 13.1. The zero-order valence-electron chi connectivity index (χ0n) is 68.0. The fourth-order valence-electron chi connectivity index (χ4n) is 11.3. The van der Waals surface area contributed by atoms with Crippen LogP contribution in [0, 0.1) is 0 Å². The summed E-state index contributed by atoms with van der Waals surface area (Å²) in [5.41, 5.74) is 0. The molecule has 620 valence electrons. The van der Waals surface area contributed by atoms with Crippen LogP contribution in [-0.4, -0.2) is 96.7 Å². The number of ether oxygens (including phenoxy) is 4. The van der Waals surface area contributed by atoms with Gasteiger partial charge in [-0.3, -0.25) is 37.3 Å². The lowest BCUT2D eigenvalue weighted by molar-refractivity contribution is -0.161.